The SMILES string of the molecule is COc1ccc(OCNC(=O)Nc2nc3ccc([N+](=O)[O-])cc3s2)cc1. The van der Waals surface area contributed by atoms with E-state index in [1.54, 1.807) is 37.4 Å². The smallest absolute Gasteiger partial charge is 0.323 e. The van der Waals surface area contributed by atoms with Crippen molar-refractivity contribution in [3.63, 3.8) is 0 Å². The third kappa shape index (κ3) is 4.16. The molecule has 3 rings (SSSR count). The Morgan fingerprint density at radius 3 is 2.65 bits per heavy atom. The van der Waals surface area contributed by atoms with Crippen LogP contribution in [0.3, 0.4) is 0 Å². The fraction of sp³-hybridized carbons (Fsp3) is 0.125. The highest BCUT2D eigenvalue weighted by Crippen LogP contribution is 2.29. The zero-order chi connectivity index (χ0) is 18.5. The van der Waals surface area contributed by atoms with E-state index >= 15 is 0 Å². The Kier molecular flexibility index (Phi) is 5.13. The fourth-order valence-corrected chi connectivity index (χ4v) is 2.97. The number of nitro benzene ring substituents is 1. The molecule has 1 heterocycles. The summed E-state index contributed by atoms with van der Waals surface area (Å²) >= 11 is 1.15. The van der Waals surface area contributed by atoms with Crippen LogP contribution in [-0.4, -0.2) is 29.8 Å². The van der Waals surface area contributed by atoms with Crippen LogP contribution in [-0.2, 0) is 0 Å². The molecule has 0 aliphatic carbocycles. The molecule has 0 aliphatic rings. The molecule has 0 fully saturated rings. The zero-order valence-electron chi connectivity index (χ0n) is 13.6. The highest BCUT2D eigenvalue weighted by atomic mass is 32.1. The molecule has 2 aromatic carbocycles. The summed E-state index contributed by atoms with van der Waals surface area (Å²) in [5.74, 6) is 1.29. The number of ether oxygens (including phenoxy) is 2. The molecule has 10 heteroatoms. The average molecular weight is 374 g/mol. The number of rotatable bonds is 6. The minimum Gasteiger partial charge on any atom is -0.497 e. The van der Waals surface area contributed by atoms with E-state index in [0.29, 0.717) is 26.8 Å². The van der Waals surface area contributed by atoms with Crippen molar-refractivity contribution in [1.82, 2.24) is 10.3 Å². The molecule has 0 bridgehead atoms. The van der Waals surface area contributed by atoms with Gasteiger partial charge in [0.05, 0.1) is 22.2 Å². The predicted octanol–water partition coefficient (Wildman–Crippen LogP) is 3.37. The summed E-state index contributed by atoms with van der Waals surface area (Å²) in [5, 5.41) is 16.2. The Labute approximate surface area is 151 Å². The van der Waals surface area contributed by atoms with Gasteiger partial charge in [-0.25, -0.2) is 9.78 Å². The van der Waals surface area contributed by atoms with Crippen LogP contribution in [0.2, 0.25) is 0 Å². The van der Waals surface area contributed by atoms with Crippen LogP contribution in [0, 0.1) is 10.1 Å². The summed E-state index contributed by atoms with van der Waals surface area (Å²) in [5.41, 5.74) is 0.551. The Morgan fingerprint density at radius 1 is 1.23 bits per heavy atom. The molecule has 26 heavy (non-hydrogen) atoms. The molecule has 2 amide bonds. The molecule has 3 aromatic rings. The molecule has 9 nitrogen and oxygen atoms in total. The summed E-state index contributed by atoms with van der Waals surface area (Å²) < 4.78 is 11.1. The quantitative estimate of drug-likeness (QED) is 0.388. The van der Waals surface area contributed by atoms with Gasteiger partial charge in [-0.2, -0.15) is 0 Å². The van der Waals surface area contributed by atoms with Gasteiger partial charge >= 0.3 is 6.03 Å². The number of nitro groups is 1. The number of carbonyl (C=O) groups is 1. The molecular weight excluding hydrogens is 360 g/mol. The lowest BCUT2D eigenvalue weighted by Gasteiger charge is -2.08. The number of benzene rings is 2. The number of thiazole rings is 1. The summed E-state index contributed by atoms with van der Waals surface area (Å²) in [6.45, 7) is -0.0332. The zero-order valence-corrected chi connectivity index (χ0v) is 14.4. The summed E-state index contributed by atoms with van der Waals surface area (Å²) in [7, 11) is 1.57. The van der Waals surface area contributed by atoms with Gasteiger partial charge in [-0.3, -0.25) is 15.4 Å². The normalized spacial score (nSPS) is 10.3. The van der Waals surface area contributed by atoms with Gasteiger partial charge in [0, 0.05) is 12.1 Å². The van der Waals surface area contributed by atoms with Crippen LogP contribution in [0.5, 0.6) is 11.5 Å². The molecule has 0 spiro atoms. The van der Waals surface area contributed by atoms with Crippen LogP contribution in [0.25, 0.3) is 10.2 Å². The Hall–Kier alpha value is -3.40. The number of hydrogen-bond acceptors (Lipinski definition) is 7. The Bertz CT molecular complexity index is 941. The second-order valence-corrected chi connectivity index (χ2v) is 6.05. The fourth-order valence-electron chi connectivity index (χ4n) is 2.08. The minimum atomic E-state index is -0.493. The van der Waals surface area contributed by atoms with Crippen LogP contribution in [0.15, 0.2) is 42.5 Å². The largest absolute Gasteiger partial charge is 0.497 e. The van der Waals surface area contributed by atoms with Crippen molar-refractivity contribution < 1.29 is 19.2 Å². The molecule has 134 valence electrons. The van der Waals surface area contributed by atoms with Crippen molar-refractivity contribution in [2.75, 3.05) is 19.2 Å². The van der Waals surface area contributed by atoms with E-state index in [-0.39, 0.29) is 12.4 Å². The van der Waals surface area contributed by atoms with Crippen molar-refractivity contribution in [3.05, 3.63) is 52.6 Å². The van der Waals surface area contributed by atoms with Crippen LogP contribution < -0.4 is 20.1 Å². The first-order chi connectivity index (χ1) is 12.5. The van der Waals surface area contributed by atoms with Crippen molar-refractivity contribution >= 4 is 38.4 Å². The molecule has 0 aliphatic heterocycles. The number of aromatic nitrogens is 1. The van der Waals surface area contributed by atoms with Crippen molar-refractivity contribution in [1.29, 1.82) is 0 Å². The Morgan fingerprint density at radius 2 is 1.96 bits per heavy atom. The molecule has 0 saturated carbocycles. The molecule has 0 unspecified atom stereocenters. The number of carbonyl (C=O) groups excluding carboxylic acids is 1. The van der Waals surface area contributed by atoms with Crippen molar-refractivity contribution in [3.8, 4) is 11.5 Å². The van der Waals surface area contributed by atoms with Gasteiger partial charge in [-0.05, 0) is 30.3 Å². The lowest BCUT2D eigenvalue weighted by molar-refractivity contribution is -0.384. The number of methoxy groups -OCH3 is 1. The van der Waals surface area contributed by atoms with Crippen LogP contribution >= 0.6 is 11.3 Å². The maximum absolute atomic E-state index is 11.9. The highest BCUT2D eigenvalue weighted by molar-refractivity contribution is 7.22. The summed E-state index contributed by atoms with van der Waals surface area (Å²) in [6, 6.07) is 10.8. The van der Waals surface area contributed by atoms with E-state index in [9.17, 15) is 14.9 Å². The van der Waals surface area contributed by atoms with E-state index in [2.05, 4.69) is 15.6 Å². The maximum atomic E-state index is 11.9. The maximum Gasteiger partial charge on any atom is 0.323 e. The first kappa shape index (κ1) is 17.4. The molecule has 0 saturated heterocycles. The molecule has 0 radical (unpaired) electrons. The second kappa shape index (κ2) is 7.66. The lowest BCUT2D eigenvalue weighted by Crippen LogP contribution is -2.31. The van der Waals surface area contributed by atoms with Gasteiger partial charge in [0.15, 0.2) is 11.9 Å². The van der Waals surface area contributed by atoms with E-state index < -0.39 is 11.0 Å². The number of fused-ring (bicyclic) bond motifs is 1. The lowest BCUT2D eigenvalue weighted by atomic mass is 10.3. The first-order valence-electron chi connectivity index (χ1n) is 7.42. The molecule has 0 atom stereocenters. The third-order valence-electron chi connectivity index (χ3n) is 3.33. The van der Waals surface area contributed by atoms with Crippen LogP contribution in [0.4, 0.5) is 15.6 Å². The number of nitrogens with zero attached hydrogens (tertiary/aromatic N) is 2. The van der Waals surface area contributed by atoms with Gasteiger partial charge in [-0.1, -0.05) is 11.3 Å². The second-order valence-electron chi connectivity index (χ2n) is 5.02. The number of urea groups is 1. The number of hydrogen-bond donors (Lipinski definition) is 2. The highest BCUT2D eigenvalue weighted by Gasteiger charge is 2.11. The standard InChI is InChI=1S/C16H14N4O5S/c1-24-11-3-5-12(6-4-11)25-9-17-15(21)19-16-18-13-7-2-10(20(22)23)8-14(13)26-16/h2-8H,9H2,1H3,(H2,17,18,19,21). The van der Waals surface area contributed by atoms with Crippen molar-refractivity contribution in [2.24, 2.45) is 0 Å². The van der Waals surface area contributed by atoms with Gasteiger partial charge in [0.25, 0.3) is 5.69 Å². The number of nitrogens with one attached hydrogen (secondary N) is 2. The third-order valence-corrected chi connectivity index (χ3v) is 4.27. The molecule has 1 aromatic heterocycles. The minimum absolute atomic E-state index is 0.0231. The van der Waals surface area contributed by atoms with Crippen molar-refractivity contribution in [2.45, 2.75) is 0 Å². The number of amides is 2. The average Bonchev–Trinajstić information content (AvgIpc) is 3.03. The van der Waals surface area contributed by atoms with E-state index in [0.717, 1.165) is 11.3 Å². The van der Waals surface area contributed by atoms with Gasteiger partial charge < -0.3 is 14.8 Å². The Balaban J connectivity index is 1.54. The summed E-state index contributed by atoms with van der Waals surface area (Å²) in [4.78, 5) is 26.4. The van der Waals surface area contributed by atoms with Crippen LogP contribution in [0.1, 0.15) is 0 Å². The predicted molar refractivity (Wildman–Crippen MR) is 96.9 cm³/mol. The van der Waals surface area contributed by atoms with Gasteiger partial charge in [0.1, 0.15) is 11.5 Å². The topological polar surface area (TPSA) is 116 Å². The van der Waals surface area contributed by atoms with Gasteiger partial charge in [0.2, 0.25) is 0 Å². The van der Waals surface area contributed by atoms with E-state index in [4.69, 9.17) is 9.47 Å². The molecule has 2 N–H and O–H groups in total. The monoisotopic (exact) mass is 374 g/mol. The number of non-ortho nitro benzene ring substituents is 1. The van der Waals surface area contributed by atoms with E-state index in [1.807, 2.05) is 0 Å². The molecular formula is C16H14N4O5S. The first-order valence-corrected chi connectivity index (χ1v) is 8.23. The van der Waals surface area contributed by atoms with E-state index in [1.165, 1.54) is 12.1 Å². The van der Waals surface area contributed by atoms with Gasteiger partial charge in [-0.15, -0.1) is 0 Å². The summed E-state index contributed by atoms with van der Waals surface area (Å²) in [6.07, 6.45) is 0. The number of anilines is 1.